The van der Waals surface area contributed by atoms with Crippen molar-refractivity contribution >= 4 is 46.2 Å². The van der Waals surface area contributed by atoms with Gasteiger partial charge in [-0.3, -0.25) is 15.3 Å². The Morgan fingerprint density at radius 2 is 2.03 bits per heavy atom. The summed E-state index contributed by atoms with van der Waals surface area (Å²) >= 11 is 1.63. The number of carbonyl (C=O) groups is 1. The zero-order valence-electron chi connectivity index (χ0n) is 16.2. The smallest absolute Gasteiger partial charge is 0.295 e. The van der Waals surface area contributed by atoms with Gasteiger partial charge in [-0.2, -0.15) is 10.1 Å². The Labute approximate surface area is 181 Å². The lowest BCUT2D eigenvalue weighted by atomic mass is 10.1. The minimum Gasteiger partial charge on any atom is -0.325 e. The van der Waals surface area contributed by atoms with Crippen LogP contribution in [0.4, 0.5) is 29.0 Å². The number of aromatic amines is 1. The normalized spacial score (nSPS) is 14.6. The van der Waals surface area contributed by atoms with Crippen molar-refractivity contribution in [2.75, 3.05) is 16.1 Å². The van der Waals surface area contributed by atoms with E-state index in [-0.39, 0.29) is 5.91 Å². The van der Waals surface area contributed by atoms with Crippen LogP contribution in [0.3, 0.4) is 0 Å². The molecule has 1 saturated carbocycles. The van der Waals surface area contributed by atoms with E-state index in [1.54, 1.807) is 29.7 Å². The summed E-state index contributed by atoms with van der Waals surface area (Å²) < 4.78 is 0. The molecule has 0 spiro atoms. The largest absolute Gasteiger partial charge is 0.325 e. The van der Waals surface area contributed by atoms with Crippen LogP contribution in [0.1, 0.15) is 34.8 Å². The quantitative estimate of drug-likeness (QED) is 0.359. The summed E-state index contributed by atoms with van der Waals surface area (Å²) in [6.45, 7) is 0. The van der Waals surface area contributed by atoms with E-state index in [1.807, 2.05) is 29.6 Å². The predicted molar refractivity (Wildman–Crippen MR) is 119 cm³/mol. The van der Waals surface area contributed by atoms with Gasteiger partial charge in [0.25, 0.3) is 5.91 Å². The minimum atomic E-state index is -0.269. The van der Waals surface area contributed by atoms with Crippen LogP contribution in [0, 0.1) is 0 Å². The first-order chi connectivity index (χ1) is 15.2. The van der Waals surface area contributed by atoms with Gasteiger partial charge in [-0.15, -0.1) is 16.8 Å². The van der Waals surface area contributed by atoms with Gasteiger partial charge in [0, 0.05) is 28.7 Å². The fraction of sp³-hybridized carbons (Fsp3) is 0.143. The van der Waals surface area contributed by atoms with Gasteiger partial charge in [0.1, 0.15) is 11.6 Å². The van der Waals surface area contributed by atoms with Gasteiger partial charge in [0.15, 0.2) is 0 Å². The van der Waals surface area contributed by atoms with Crippen molar-refractivity contribution in [3.8, 4) is 10.4 Å². The molecule has 0 unspecified atom stereocenters. The lowest BCUT2D eigenvalue weighted by Gasteiger charge is -2.11. The van der Waals surface area contributed by atoms with Crippen molar-refractivity contribution in [2.45, 2.75) is 18.8 Å². The van der Waals surface area contributed by atoms with Crippen LogP contribution >= 0.6 is 11.3 Å². The van der Waals surface area contributed by atoms with Gasteiger partial charge in [-0.1, -0.05) is 6.07 Å². The number of anilines is 5. The van der Waals surface area contributed by atoms with Crippen molar-refractivity contribution in [2.24, 2.45) is 0 Å². The fourth-order valence-electron chi connectivity index (χ4n) is 3.47. The topological polar surface area (TPSA) is 122 Å². The number of aromatic nitrogens is 4. The lowest BCUT2D eigenvalue weighted by molar-refractivity contribution is 0.0969. The van der Waals surface area contributed by atoms with E-state index in [0.29, 0.717) is 28.9 Å². The average Bonchev–Trinajstić information content (AvgIpc) is 3.14. The summed E-state index contributed by atoms with van der Waals surface area (Å²) in [7, 11) is 0. The second kappa shape index (κ2) is 7.10. The van der Waals surface area contributed by atoms with Crippen LogP contribution in [0.2, 0.25) is 0 Å². The van der Waals surface area contributed by atoms with Gasteiger partial charge in [0.2, 0.25) is 5.95 Å². The van der Waals surface area contributed by atoms with Gasteiger partial charge in [-0.25, -0.2) is 4.98 Å². The average molecular weight is 429 g/mol. The van der Waals surface area contributed by atoms with Gasteiger partial charge < -0.3 is 10.6 Å². The second-order valence-corrected chi connectivity index (χ2v) is 8.40. The molecule has 4 heterocycles. The summed E-state index contributed by atoms with van der Waals surface area (Å²) in [6.07, 6.45) is 4.19. The van der Waals surface area contributed by atoms with E-state index in [9.17, 15) is 4.79 Å². The highest BCUT2D eigenvalue weighted by atomic mass is 32.1. The lowest BCUT2D eigenvalue weighted by Crippen LogP contribution is -2.10. The van der Waals surface area contributed by atoms with E-state index >= 15 is 0 Å². The Balaban J connectivity index is 1.31. The Bertz CT molecular complexity index is 1280. The molecule has 1 amide bonds. The number of hydrogen-bond acceptors (Lipinski definition) is 8. The van der Waals surface area contributed by atoms with Crippen molar-refractivity contribution in [1.29, 1.82) is 0 Å². The summed E-state index contributed by atoms with van der Waals surface area (Å²) in [6, 6.07) is 11.4. The molecule has 31 heavy (non-hydrogen) atoms. The monoisotopic (exact) mass is 429 g/mol. The minimum absolute atomic E-state index is 0.269. The van der Waals surface area contributed by atoms with Crippen LogP contribution in [0.25, 0.3) is 10.4 Å². The van der Waals surface area contributed by atoms with Crippen molar-refractivity contribution in [1.82, 2.24) is 25.6 Å². The van der Waals surface area contributed by atoms with Crippen LogP contribution in [-0.2, 0) is 0 Å². The molecule has 4 N–H and O–H groups in total. The van der Waals surface area contributed by atoms with E-state index in [1.165, 1.54) is 12.8 Å². The van der Waals surface area contributed by atoms with Crippen molar-refractivity contribution in [3.63, 3.8) is 0 Å². The molecule has 153 valence electrons. The third-order valence-electron chi connectivity index (χ3n) is 5.21. The van der Waals surface area contributed by atoms with Gasteiger partial charge >= 0.3 is 0 Å². The number of nitrogens with zero attached hydrogens (tertiary/aromatic N) is 4. The number of rotatable bonds is 6. The number of thiophene rings is 1. The van der Waals surface area contributed by atoms with Crippen molar-refractivity contribution < 1.29 is 4.79 Å². The molecule has 10 heteroatoms. The van der Waals surface area contributed by atoms with Crippen LogP contribution in [0.5, 0.6) is 0 Å². The third kappa shape index (κ3) is 3.46. The molecular formula is C21H17N8OS. The zero-order chi connectivity index (χ0) is 20.8. The molecule has 3 aromatic heterocycles. The van der Waals surface area contributed by atoms with Crippen LogP contribution in [0.15, 0.2) is 48.0 Å². The highest BCUT2D eigenvalue weighted by Gasteiger charge is 2.26. The highest BCUT2D eigenvalue weighted by Crippen LogP contribution is 2.40. The Hall–Kier alpha value is -3.92. The van der Waals surface area contributed by atoms with Crippen molar-refractivity contribution in [3.05, 3.63) is 59.2 Å². The maximum Gasteiger partial charge on any atom is 0.295 e. The summed E-state index contributed by atoms with van der Waals surface area (Å²) in [5, 5.41) is 16.1. The molecule has 4 aromatic rings. The van der Waals surface area contributed by atoms with E-state index in [2.05, 4.69) is 36.7 Å². The number of fused-ring (bicyclic) bond motifs is 1. The number of hydrogen-bond donors (Lipinski definition) is 4. The number of nitrogens with one attached hydrogen (secondary N) is 4. The molecule has 0 saturated heterocycles. The zero-order valence-corrected chi connectivity index (χ0v) is 17.0. The maximum atomic E-state index is 11.7. The summed E-state index contributed by atoms with van der Waals surface area (Å²) in [5.74, 6) is 2.21. The van der Waals surface area contributed by atoms with E-state index in [0.717, 1.165) is 27.6 Å². The maximum absolute atomic E-state index is 11.7. The molecule has 6 rings (SSSR count). The Kier molecular flexibility index (Phi) is 4.10. The molecule has 1 fully saturated rings. The molecule has 1 aliphatic heterocycles. The van der Waals surface area contributed by atoms with E-state index < -0.39 is 0 Å². The first kappa shape index (κ1) is 17.9. The molecule has 0 bridgehead atoms. The standard InChI is InChI=1S/C21H17N8OS/c30-20-13-6-5-12(8-16(13)27-29-20)23-21-22-10-14(17-2-1-7-31-17)19(25-21)24-18-9-15(26-28-18)11-3-4-11/h1-2,5-11,27H,3-4H2,(H3,22,23,24,25,26,28). The molecule has 1 aliphatic carbocycles. The number of amides is 1. The van der Waals surface area contributed by atoms with Crippen LogP contribution < -0.4 is 21.5 Å². The molecule has 2 aliphatic rings. The summed E-state index contributed by atoms with van der Waals surface area (Å²) in [4.78, 5) is 21.9. The van der Waals surface area contributed by atoms with Gasteiger partial charge in [0.05, 0.1) is 22.5 Å². The SMILES string of the molecule is O=C1[N]Nc2cc(Nc3ncc(-c4cccs4)c(Nc4cc(C5CC5)n[nH]4)n3)ccc21. The van der Waals surface area contributed by atoms with E-state index in [4.69, 9.17) is 4.98 Å². The first-order valence-electron chi connectivity index (χ1n) is 9.88. The van der Waals surface area contributed by atoms with Crippen LogP contribution in [-0.4, -0.2) is 26.1 Å². The predicted octanol–water partition coefficient (Wildman–Crippen LogP) is 4.38. The third-order valence-corrected chi connectivity index (χ3v) is 6.11. The first-order valence-corrected chi connectivity index (χ1v) is 10.8. The molecule has 1 radical (unpaired) electrons. The fourth-order valence-corrected chi connectivity index (χ4v) is 4.21. The molecule has 1 aromatic carbocycles. The Morgan fingerprint density at radius 1 is 1.10 bits per heavy atom. The number of benzene rings is 1. The number of H-pyrrole nitrogens is 1. The van der Waals surface area contributed by atoms with Gasteiger partial charge in [-0.05, 0) is 42.5 Å². The second-order valence-electron chi connectivity index (χ2n) is 7.45. The number of carbonyl (C=O) groups excluding carboxylic acids is 1. The molecule has 9 nitrogen and oxygen atoms in total. The Morgan fingerprint density at radius 3 is 2.87 bits per heavy atom. The summed E-state index contributed by atoms with van der Waals surface area (Å²) in [5.41, 5.74) is 10.4. The molecular weight excluding hydrogens is 412 g/mol. The molecule has 0 atom stereocenters. The highest BCUT2D eigenvalue weighted by molar-refractivity contribution is 7.13.